The van der Waals surface area contributed by atoms with Crippen molar-refractivity contribution in [3.05, 3.63) is 54.9 Å². The van der Waals surface area contributed by atoms with Gasteiger partial charge < -0.3 is 4.55 Å². The first-order chi connectivity index (χ1) is 17.3. The van der Waals surface area contributed by atoms with E-state index in [0.717, 1.165) is 6.61 Å². The van der Waals surface area contributed by atoms with Crippen molar-refractivity contribution in [3.63, 3.8) is 0 Å². The molecule has 0 aliphatic rings. The molecule has 0 amide bonds. The SMILES string of the molecule is CCCCC(CC)CO[n+]1ccc(-c2ccccc2)cc1.O=S(=O)([O-])C(F)(F)C(F)(F)C(F)(F)C(F)(F)F. The van der Waals surface area contributed by atoms with E-state index < -0.39 is 33.4 Å². The van der Waals surface area contributed by atoms with Crippen LogP contribution >= 0.6 is 0 Å². The van der Waals surface area contributed by atoms with E-state index in [4.69, 9.17) is 4.84 Å². The molecule has 1 heterocycles. The Bertz CT molecular complexity index is 1090. The van der Waals surface area contributed by atoms with Crippen LogP contribution < -0.4 is 9.57 Å². The summed E-state index contributed by atoms with van der Waals surface area (Å²) in [6.07, 6.45) is 1.82. The number of aromatic nitrogens is 1. The van der Waals surface area contributed by atoms with E-state index in [-0.39, 0.29) is 0 Å². The summed E-state index contributed by atoms with van der Waals surface area (Å²) >= 11 is 0. The molecule has 0 bridgehead atoms. The number of hydrogen-bond acceptors (Lipinski definition) is 4. The lowest BCUT2D eigenvalue weighted by molar-refractivity contribution is -0.892. The Morgan fingerprint density at radius 3 is 1.76 bits per heavy atom. The molecule has 2 rings (SSSR count). The largest absolute Gasteiger partial charge is 0.743 e. The quantitative estimate of drug-likeness (QED) is 0.178. The molecule has 216 valence electrons. The van der Waals surface area contributed by atoms with Crippen molar-refractivity contribution in [1.82, 2.24) is 0 Å². The Morgan fingerprint density at radius 2 is 1.34 bits per heavy atom. The number of nitrogens with zero attached hydrogens (tertiary/aromatic N) is 1. The second kappa shape index (κ2) is 13.0. The van der Waals surface area contributed by atoms with Crippen LogP contribution in [0, 0.1) is 5.92 Å². The topological polar surface area (TPSA) is 70.3 Å². The second-order valence-corrected chi connectivity index (χ2v) is 9.56. The highest BCUT2D eigenvalue weighted by atomic mass is 32.2. The number of benzene rings is 1. The number of alkyl halides is 9. The predicted molar refractivity (Wildman–Crippen MR) is 117 cm³/mol. The maximum atomic E-state index is 12.2. The van der Waals surface area contributed by atoms with E-state index >= 15 is 0 Å². The fourth-order valence-corrected chi connectivity index (χ4v) is 3.37. The Hall–Kier alpha value is -2.55. The van der Waals surface area contributed by atoms with Gasteiger partial charge in [0.05, 0.1) is 0 Å². The zero-order chi connectivity index (χ0) is 29.4. The molecule has 0 saturated carbocycles. The molecule has 1 aromatic carbocycles. The van der Waals surface area contributed by atoms with Gasteiger partial charge in [-0.25, -0.2) is 8.42 Å². The molecular formula is C23H26F9NO4S. The Morgan fingerprint density at radius 1 is 0.842 bits per heavy atom. The van der Waals surface area contributed by atoms with Gasteiger partial charge in [0.15, 0.2) is 16.7 Å². The van der Waals surface area contributed by atoms with Gasteiger partial charge in [0.25, 0.3) is 0 Å². The highest BCUT2D eigenvalue weighted by molar-refractivity contribution is 7.86. The summed E-state index contributed by atoms with van der Waals surface area (Å²) in [7, 11) is -7.42. The minimum Gasteiger partial charge on any atom is -0.743 e. The zero-order valence-electron chi connectivity index (χ0n) is 20.2. The van der Waals surface area contributed by atoms with Gasteiger partial charge >= 0.3 is 23.3 Å². The summed E-state index contributed by atoms with van der Waals surface area (Å²) in [5.41, 5.74) is 2.45. The lowest BCUT2D eigenvalue weighted by Gasteiger charge is -2.34. The molecule has 38 heavy (non-hydrogen) atoms. The van der Waals surface area contributed by atoms with Gasteiger partial charge in [0.1, 0.15) is 0 Å². The van der Waals surface area contributed by atoms with E-state index in [0.29, 0.717) is 5.92 Å². The molecule has 0 fully saturated rings. The van der Waals surface area contributed by atoms with E-state index in [1.54, 1.807) is 0 Å². The zero-order valence-corrected chi connectivity index (χ0v) is 21.0. The lowest BCUT2D eigenvalue weighted by Crippen LogP contribution is -2.63. The highest BCUT2D eigenvalue weighted by Gasteiger charge is 2.83. The van der Waals surface area contributed by atoms with Crippen LogP contribution in [-0.2, 0) is 10.1 Å². The van der Waals surface area contributed by atoms with E-state index in [2.05, 4.69) is 50.2 Å². The number of unbranched alkanes of at least 4 members (excludes halogenated alkanes) is 1. The van der Waals surface area contributed by atoms with Crippen LogP contribution in [0.2, 0.25) is 0 Å². The monoisotopic (exact) mass is 583 g/mol. The Balaban J connectivity index is 0.000000391. The van der Waals surface area contributed by atoms with Gasteiger partial charge in [-0.05, 0) is 29.9 Å². The third-order valence-corrected chi connectivity index (χ3v) is 6.23. The van der Waals surface area contributed by atoms with Crippen molar-refractivity contribution < 1.29 is 62.1 Å². The van der Waals surface area contributed by atoms with Gasteiger partial charge in [-0.3, -0.25) is 4.84 Å². The van der Waals surface area contributed by atoms with Crippen LogP contribution in [0.5, 0.6) is 0 Å². The van der Waals surface area contributed by atoms with E-state index in [9.17, 15) is 52.5 Å². The predicted octanol–water partition coefficient (Wildman–Crippen LogP) is 6.24. The minimum absolute atomic E-state index is 0.659. The van der Waals surface area contributed by atoms with Crippen molar-refractivity contribution >= 4 is 10.1 Å². The van der Waals surface area contributed by atoms with Crippen molar-refractivity contribution in [2.24, 2.45) is 5.92 Å². The molecule has 0 N–H and O–H groups in total. The molecule has 15 heteroatoms. The summed E-state index contributed by atoms with van der Waals surface area (Å²) in [6.45, 7) is 5.28. The van der Waals surface area contributed by atoms with Crippen molar-refractivity contribution in [2.45, 2.75) is 62.8 Å². The molecule has 1 unspecified atom stereocenters. The number of halogens is 9. The average molecular weight is 584 g/mol. The van der Waals surface area contributed by atoms with Crippen LogP contribution in [0.1, 0.15) is 39.5 Å². The van der Waals surface area contributed by atoms with Crippen LogP contribution in [-0.4, -0.2) is 42.9 Å². The fourth-order valence-electron chi connectivity index (χ4n) is 2.93. The third-order valence-electron chi connectivity index (χ3n) is 5.34. The second-order valence-electron chi connectivity index (χ2n) is 8.14. The number of hydrogen-bond donors (Lipinski definition) is 0. The molecular weight excluding hydrogens is 557 g/mol. The van der Waals surface area contributed by atoms with Crippen molar-refractivity contribution in [2.75, 3.05) is 6.61 Å². The minimum atomic E-state index is -7.43. The first-order valence-electron chi connectivity index (χ1n) is 11.2. The standard InChI is InChI=1S/C19H26NO.C4HF9O3S/c1-3-5-9-17(4-2)16-21-20-14-12-19(13-15-20)18-10-7-6-8-11-18;5-1(6,3(9,10)11)2(7,8)4(12,13)17(14,15)16/h6-8,10-15,17H,3-5,9,16H2,1-2H3;(H,14,15,16)/q+1;/p-1. The Kier molecular flexibility index (Phi) is 11.5. The van der Waals surface area contributed by atoms with Gasteiger partial charge in [0, 0.05) is 16.9 Å². The molecule has 1 atom stereocenters. The molecule has 0 saturated heterocycles. The summed E-state index contributed by atoms with van der Waals surface area (Å²) in [4.78, 5) is 5.86. The molecule has 0 spiro atoms. The van der Waals surface area contributed by atoms with Crippen LogP contribution in [0.15, 0.2) is 54.9 Å². The molecule has 0 aliphatic carbocycles. The van der Waals surface area contributed by atoms with Gasteiger partial charge in [0.2, 0.25) is 12.4 Å². The van der Waals surface area contributed by atoms with Crippen LogP contribution in [0.4, 0.5) is 39.5 Å². The molecule has 0 aliphatic heterocycles. The lowest BCUT2D eigenvalue weighted by atomic mass is 10.0. The molecule has 2 aromatic rings. The van der Waals surface area contributed by atoms with Crippen LogP contribution in [0.3, 0.4) is 0 Å². The number of rotatable bonds is 11. The molecule has 1 aromatic heterocycles. The van der Waals surface area contributed by atoms with Crippen LogP contribution in [0.25, 0.3) is 11.1 Å². The molecule has 0 radical (unpaired) electrons. The van der Waals surface area contributed by atoms with Gasteiger partial charge in [-0.1, -0.05) is 57.0 Å². The summed E-state index contributed by atoms with van der Waals surface area (Å²) in [6, 6.07) is 14.6. The average Bonchev–Trinajstić information content (AvgIpc) is 2.84. The Labute approximate surface area is 213 Å². The maximum Gasteiger partial charge on any atom is 0.460 e. The summed E-state index contributed by atoms with van der Waals surface area (Å²) in [5.74, 6) is -14.2. The van der Waals surface area contributed by atoms with Gasteiger partial charge in [-0.15, -0.1) is 0 Å². The van der Waals surface area contributed by atoms with Crippen molar-refractivity contribution in [1.29, 1.82) is 0 Å². The number of pyridine rings is 1. The van der Waals surface area contributed by atoms with E-state index in [1.165, 1.54) is 36.8 Å². The normalized spacial score (nSPS) is 13.9. The van der Waals surface area contributed by atoms with E-state index in [1.807, 2.05) is 23.2 Å². The fraction of sp³-hybridized carbons (Fsp3) is 0.522. The first-order valence-corrected chi connectivity index (χ1v) is 12.6. The third kappa shape index (κ3) is 7.98. The van der Waals surface area contributed by atoms with Gasteiger partial charge in [-0.2, -0.15) is 39.5 Å². The summed E-state index contributed by atoms with van der Waals surface area (Å²) < 4.78 is 137. The first kappa shape index (κ1) is 33.5. The molecule has 5 nitrogen and oxygen atoms in total. The smallest absolute Gasteiger partial charge is 0.460 e. The highest BCUT2D eigenvalue weighted by Crippen LogP contribution is 2.54. The summed E-state index contributed by atoms with van der Waals surface area (Å²) in [5, 5.41) is -7.11. The maximum absolute atomic E-state index is 12.2. The van der Waals surface area contributed by atoms with Crippen molar-refractivity contribution in [3.8, 4) is 11.1 Å².